The average Bonchev–Trinajstić information content (AvgIpc) is 2.88. The van der Waals surface area contributed by atoms with E-state index in [2.05, 4.69) is 10.6 Å². The first-order valence-corrected chi connectivity index (χ1v) is 7.45. The molecule has 1 saturated heterocycles. The Balaban J connectivity index is 0.00000361. The number of amides is 2. The van der Waals surface area contributed by atoms with Crippen LogP contribution in [-0.2, 0) is 9.59 Å². The highest BCUT2D eigenvalue weighted by molar-refractivity contribution is 5.85. The third-order valence-electron chi connectivity index (χ3n) is 3.34. The first-order valence-electron chi connectivity index (χ1n) is 7.45. The summed E-state index contributed by atoms with van der Waals surface area (Å²) >= 11 is 0. The van der Waals surface area contributed by atoms with Crippen molar-refractivity contribution < 1.29 is 9.59 Å². The number of hydrogen-bond donors (Lipinski definition) is 2. The van der Waals surface area contributed by atoms with E-state index >= 15 is 0 Å². The lowest BCUT2D eigenvalue weighted by Gasteiger charge is -2.23. The molecule has 1 aliphatic rings. The molecule has 0 saturated carbocycles. The number of nitrogens with zero attached hydrogens (tertiary/aromatic N) is 1. The van der Waals surface area contributed by atoms with Crippen molar-refractivity contribution in [2.45, 2.75) is 52.0 Å². The van der Waals surface area contributed by atoms with Crippen molar-refractivity contribution in [1.82, 2.24) is 15.5 Å². The van der Waals surface area contributed by atoms with Crippen molar-refractivity contribution in [3.63, 3.8) is 0 Å². The van der Waals surface area contributed by atoms with E-state index in [0.29, 0.717) is 25.6 Å². The summed E-state index contributed by atoms with van der Waals surface area (Å²) in [6, 6.07) is 0.297. The maximum atomic E-state index is 12.2. The van der Waals surface area contributed by atoms with Gasteiger partial charge in [-0.25, -0.2) is 0 Å². The molecule has 1 heterocycles. The van der Waals surface area contributed by atoms with E-state index in [1.807, 2.05) is 13.8 Å². The van der Waals surface area contributed by atoms with Crippen LogP contribution in [0.4, 0.5) is 0 Å². The third kappa shape index (κ3) is 7.10. The highest BCUT2D eigenvalue weighted by Gasteiger charge is 2.22. The number of halogens is 1. The van der Waals surface area contributed by atoms with Crippen LogP contribution in [0.5, 0.6) is 0 Å². The summed E-state index contributed by atoms with van der Waals surface area (Å²) < 4.78 is 0. The molecule has 0 spiro atoms. The van der Waals surface area contributed by atoms with Crippen LogP contribution in [0.3, 0.4) is 0 Å². The largest absolute Gasteiger partial charge is 0.355 e. The molecule has 0 aromatic rings. The van der Waals surface area contributed by atoms with E-state index < -0.39 is 0 Å². The standard InChI is InChI=1S/C14H27N3O2.ClH/c1-3-7-16-13(18)11-17(9-4-2)14(19)10-12-6-5-8-15-12;/h12,15H,3-11H2,1-2H3,(H,16,18);1H. The molecule has 1 rings (SSSR count). The van der Waals surface area contributed by atoms with E-state index in [-0.39, 0.29) is 30.8 Å². The van der Waals surface area contributed by atoms with Crippen LogP contribution in [0, 0.1) is 0 Å². The number of nitrogens with one attached hydrogen (secondary N) is 2. The second-order valence-corrected chi connectivity index (χ2v) is 5.16. The van der Waals surface area contributed by atoms with Crippen LogP contribution < -0.4 is 10.6 Å². The normalized spacial score (nSPS) is 17.4. The molecule has 0 bridgehead atoms. The maximum absolute atomic E-state index is 12.2. The molecule has 0 aliphatic carbocycles. The van der Waals surface area contributed by atoms with Crippen molar-refractivity contribution in [2.24, 2.45) is 0 Å². The molecular weight excluding hydrogens is 278 g/mol. The molecule has 2 amide bonds. The predicted octanol–water partition coefficient (Wildman–Crippen LogP) is 1.32. The van der Waals surface area contributed by atoms with Crippen LogP contribution in [-0.4, -0.2) is 48.9 Å². The third-order valence-corrected chi connectivity index (χ3v) is 3.34. The fourth-order valence-electron chi connectivity index (χ4n) is 2.33. The SMILES string of the molecule is CCCNC(=O)CN(CCC)C(=O)CC1CCCN1.Cl. The van der Waals surface area contributed by atoms with Crippen molar-refractivity contribution in [3.8, 4) is 0 Å². The summed E-state index contributed by atoms with van der Waals surface area (Å²) in [5.74, 6) is 0.0379. The molecule has 6 heteroatoms. The van der Waals surface area contributed by atoms with Gasteiger partial charge in [-0.05, 0) is 32.2 Å². The molecule has 0 radical (unpaired) electrons. The van der Waals surface area contributed by atoms with Crippen LogP contribution in [0.2, 0.25) is 0 Å². The van der Waals surface area contributed by atoms with E-state index in [9.17, 15) is 9.59 Å². The summed E-state index contributed by atoms with van der Waals surface area (Å²) in [5, 5.41) is 6.15. The second kappa shape index (κ2) is 10.9. The van der Waals surface area contributed by atoms with Crippen LogP contribution in [0.15, 0.2) is 0 Å². The molecule has 5 nitrogen and oxygen atoms in total. The van der Waals surface area contributed by atoms with E-state index in [4.69, 9.17) is 0 Å². The zero-order chi connectivity index (χ0) is 14.1. The number of hydrogen-bond acceptors (Lipinski definition) is 3. The van der Waals surface area contributed by atoms with Crippen molar-refractivity contribution in [2.75, 3.05) is 26.2 Å². The number of carbonyl (C=O) groups is 2. The van der Waals surface area contributed by atoms with Gasteiger partial charge < -0.3 is 15.5 Å². The Morgan fingerprint density at radius 1 is 1.30 bits per heavy atom. The summed E-state index contributed by atoms with van der Waals surface area (Å²) in [4.78, 5) is 25.6. The maximum Gasteiger partial charge on any atom is 0.239 e. The Kier molecular flexibility index (Phi) is 10.5. The average molecular weight is 306 g/mol. The van der Waals surface area contributed by atoms with Gasteiger partial charge in [0.25, 0.3) is 0 Å². The molecule has 0 aromatic heterocycles. The lowest BCUT2D eigenvalue weighted by Crippen LogP contribution is -2.43. The highest BCUT2D eigenvalue weighted by atomic mass is 35.5. The zero-order valence-corrected chi connectivity index (χ0v) is 13.4. The molecule has 118 valence electrons. The fraction of sp³-hybridized carbons (Fsp3) is 0.857. The van der Waals surface area contributed by atoms with Gasteiger partial charge in [-0.2, -0.15) is 0 Å². The summed E-state index contributed by atoms with van der Waals surface area (Å²) in [5.41, 5.74) is 0. The van der Waals surface area contributed by atoms with Gasteiger partial charge in [-0.3, -0.25) is 9.59 Å². The van der Waals surface area contributed by atoms with Gasteiger partial charge in [0.2, 0.25) is 11.8 Å². The monoisotopic (exact) mass is 305 g/mol. The summed E-state index contributed by atoms with van der Waals surface area (Å²) in [7, 11) is 0. The minimum atomic E-state index is -0.0527. The lowest BCUT2D eigenvalue weighted by molar-refractivity contribution is -0.136. The molecule has 1 aliphatic heterocycles. The van der Waals surface area contributed by atoms with Gasteiger partial charge in [-0.1, -0.05) is 13.8 Å². The van der Waals surface area contributed by atoms with Crippen LogP contribution in [0.25, 0.3) is 0 Å². The lowest BCUT2D eigenvalue weighted by atomic mass is 10.1. The Hall–Kier alpha value is -0.810. The van der Waals surface area contributed by atoms with Gasteiger partial charge in [0.1, 0.15) is 0 Å². The quantitative estimate of drug-likeness (QED) is 0.711. The molecule has 20 heavy (non-hydrogen) atoms. The molecule has 2 N–H and O–H groups in total. The Morgan fingerprint density at radius 3 is 2.60 bits per heavy atom. The number of carbonyl (C=O) groups excluding carboxylic acids is 2. The smallest absolute Gasteiger partial charge is 0.239 e. The van der Waals surface area contributed by atoms with Crippen molar-refractivity contribution >= 4 is 24.2 Å². The van der Waals surface area contributed by atoms with Gasteiger partial charge in [0.15, 0.2) is 0 Å². The minimum Gasteiger partial charge on any atom is -0.355 e. The first-order chi connectivity index (χ1) is 9.17. The van der Waals surface area contributed by atoms with E-state index in [1.54, 1.807) is 4.90 Å². The molecule has 0 aromatic carbocycles. The molecule has 1 fully saturated rings. The first kappa shape index (κ1) is 19.2. The van der Waals surface area contributed by atoms with Crippen molar-refractivity contribution in [3.05, 3.63) is 0 Å². The zero-order valence-electron chi connectivity index (χ0n) is 12.6. The molecule has 1 atom stereocenters. The number of rotatable bonds is 8. The molecule has 1 unspecified atom stereocenters. The minimum absolute atomic E-state index is 0. The Bertz CT molecular complexity index is 294. The van der Waals surface area contributed by atoms with Crippen LogP contribution >= 0.6 is 12.4 Å². The Morgan fingerprint density at radius 2 is 2.05 bits per heavy atom. The van der Waals surface area contributed by atoms with Gasteiger partial charge >= 0.3 is 0 Å². The summed E-state index contributed by atoms with van der Waals surface area (Å²) in [6.07, 6.45) is 4.52. The summed E-state index contributed by atoms with van der Waals surface area (Å²) in [6.45, 7) is 6.57. The van der Waals surface area contributed by atoms with E-state index in [0.717, 1.165) is 32.2 Å². The van der Waals surface area contributed by atoms with Gasteiger partial charge in [0, 0.05) is 25.6 Å². The van der Waals surface area contributed by atoms with Gasteiger partial charge in [-0.15, -0.1) is 12.4 Å². The van der Waals surface area contributed by atoms with Crippen molar-refractivity contribution in [1.29, 1.82) is 0 Å². The highest BCUT2D eigenvalue weighted by Crippen LogP contribution is 2.10. The van der Waals surface area contributed by atoms with Crippen LogP contribution in [0.1, 0.15) is 46.0 Å². The Labute approximate surface area is 128 Å². The van der Waals surface area contributed by atoms with E-state index in [1.165, 1.54) is 0 Å². The fourth-order valence-corrected chi connectivity index (χ4v) is 2.33. The predicted molar refractivity (Wildman–Crippen MR) is 83.1 cm³/mol. The van der Waals surface area contributed by atoms with Gasteiger partial charge in [0.05, 0.1) is 6.54 Å². The second-order valence-electron chi connectivity index (χ2n) is 5.16. The molecular formula is C14H28ClN3O2. The topological polar surface area (TPSA) is 61.4 Å².